The highest BCUT2D eigenvalue weighted by Crippen LogP contribution is 2.10. The van der Waals surface area contributed by atoms with Crippen molar-refractivity contribution in [3.8, 4) is 5.75 Å². The summed E-state index contributed by atoms with van der Waals surface area (Å²) in [6, 6.07) is 8.13. The molecule has 2 N–H and O–H groups in total. The highest BCUT2D eigenvalue weighted by atomic mass is 127. The number of hydrogen-bond acceptors (Lipinski definition) is 4. The van der Waals surface area contributed by atoms with E-state index < -0.39 is 0 Å². The summed E-state index contributed by atoms with van der Waals surface area (Å²) in [5.41, 5.74) is 1.24. The van der Waals surface area contributed by atoms with Crippen LogP contribution in [0.2, 0.25) is 0 Å². The molecule has 1 fully saturated rings. The Morgan fingerprint density at radius 1 is 1.11 bits per heavy atom. The van der Waals surface area contributed by atoms with Gasteiger partial charge in [-0.15, -0.1) is 24.0 Å². The average molecular weight is 503 g/mol. The topological polar surface area (TPSA) is 52.1 Å². The lowest BCUT2D eigenvalue weighted by atomic mass is 10.1. The molecule has 1 aliphatic rings. The number of rotatable bonds is 9. The molecule has 28 heavy (non-hydrogen) atoms. The predicted octanol–water partition coefficient (Wildman–Crippen LogP) is 2.43. The number of nitrogens with one attached hydrogen (secondary N) is 2. The Morgan fingerprint density at radius 3 is 2.36 bits per heavy atom. The zero-order chi connectivity index (χ0) is 19.5. The largest absolute Gasteiger partial charge is 0.492 e. The summed E-state index contributed by atoms with van der Waals surface area (Å²) in [6.45, 7) is 15.9. The van der Waals surface area contributed by atoms with E-state index in [1.807, 2.05) is 19.2 Å². The molecule has 2 rings (SSSR count). The maximum absolute atomic E-state index is 5.74. The molecule has 1 aliphatic heterocycles. The van der Waals surface area contributed by atoms with Gasteiger partial charge in [-0.1, -0.05) is 31.5 Å². The van der Waals surface area contributed by atoms with E-state index in [9.17, 15) is 0 Å². The summed E-state index contributed by atoms with van der Waals surface area (Å²) in [5.74, 6) is 2.33. The van der Waals surface area contributed by atoms with E-state index in [1.54, 1.807) is 0 Å². The van der Waals surface area contributed by atoms with Crippen LogP contribution in [0.1, 0.15) is 19.4 Å². The first-order valence-electron chi connectivity index (χ1n) is 10.2. The Morgan fingerprint density at radius 2 is 1.75 bits per heavy atom. The summed E-state index contributed by atoms with van der Waals surface area (Å²) in [6.07, 6.45) is 0. The molecule has 0 aliphatic carbocycles. The second kappa shape index (κ2) is 14.0. The quantitative estimate of drug-likeness (QED) is 0.235. The van der Waals surface area contributed by atoms with Crippen molar-refractivity contribution in [3.63, 3.8) is 0 Å². The number of guanidine groups is 1. The van der Waals surface area contributed by atoms with Gasteiger partial charge in [-0.25, -0.2) is 0 Å². The van der Waals surface area contributed by atoms with Crippen LogP contribution in [0.25, 0.3) is 0 Å². The molecule has 0 amide bonds. The van der Waals surface area contributed by atoms with Crippen molar-refractivity contribution >= 4 is 29.9 Å². The number of piperazine rings is 1. The zero-order valence-electron chi connectivity index (χ0n) is 17.9. The maximum atomic E-state index is 5.74. The number of ether oxygens (including phenoxy) is 1. The number of nitrogens with zero attached hydrogens (tertiary/aromatic N) is 3. The van der Waals surface area contributed by atoms with Crippen LogP contribution in [-0.2, 0) is 0 Å². The van der Waals surface area contributed by atoms with Crippen LogP contribution in [0.4, 0.5) is 0 Å². The van der Waals surface area contributed by atoms with E-state index in [-0.39, 0.29) is 24.0 Å². The Kier molecular flexibility index (Phi) is 12.5. The second-order valence-corrected chi connectivity index (χ2v) is 7.38. The standard InChI is InChI=1S/C21H37N5O.HI/c1-5-25-11-13-26(14-12-25)17-19(3)16-24-21(22-4)23-10-15-27-20-8-6-18(2)7-9-20;/h6-9,19H,5,10-17H2,1-4H3,(H2,22,23,24);1H. The predicted molar refractivity (Wildman–Crippen MR) is 129 cm³/mol. The normalized spacial score (nSPS) is 16.9. The van der Waals surface area contributed by atoms with E-state index >= 15 is 0 Å². The zero-order valence-corrected chi connectivity index (χ0v) is 20.2. The Labute approximate surface area is 188 Å². The van der Waals surface area contributed by atoms with Crippen molar-refractivity contribution in [3.05, 3.63) is 29.8 Å². The molecule has 1 aromatic rings. The first kappa shape index (κ1) is 25.0. The summed E-state index contributed by atoms with van der Waals surface area (Å²) in [7, 11) is 1.81. The highest BCUT2D eigenvalue weighted by Gasteiger charge is 2.17. The molecular formula is C21H38IN5O. The van der Waals surface area contributed by atoms with Gasteiger partial charge in [-0.05, 0) is 31.5 Å². The van der Waals surface area contributed by atoms with Gasteiger partial charge in [-0.2, -0.15) is 0 Å². The molecule has 160 valence electrons. The summed E-state index contributed by atoms with van der Waals surface area (Å²) in [5, 5.41) is 6.75. The van der Waals surface area contributed by atoms with Crippen molar-refractivity contribution < 1.29 is 4.74 Å². The van der Waals surface area contributed by atoms with Gasteiger partial charge in [0.2, 0.25) is 0 Å². The van der Waals surface area contributed by atoms with Gasteiger partial charge in [0.15, 0.2) is 5.96 Å². The van der Waals surface area contributed by atoms with E-state index in [2.05, 4.69) is 58.3 Å². The highest BCUT2D eigenvalue weighted by molar-refractivity contribution is 14.0. The molecule has 1 aromatic carbocycles. The maximum Gasteiger partial charge on any atom is 0.191 e. The first-order chi connectivity index (χ1) is 13.1. The van der Waals surface area contributed by atoms with Crippen LogP contribution in [0.3, 0.4) is 0 Å². The fraction of sp³-hybridized carbons (Fsp3) is 0.667. The number of benzene rings is 1. The molecule has 1 unspecified atom stereocenters. The Bertz CT molecular complexity index is 558. The number of aliphatic imine (C=N–C) groups is 1. The molecule has 7 heteroatoms. The van der Waals surface area contributed by atoms with Gasteiger partial charge in [0.1, 0.15) is 12.4 Å². The van der Waals surface area contributed by atoms with Gasteiger partial charge in [0.25, 0.3) is 0 Å². The molecule has 0 spiro atoms. The van der Waals surface area contributed by atoms with Gasteiger partial charge in [-0.3, -0.25) is 4.99 Å². The van der Waals surface area contributed by atoms with Gasteiger partial charge in [0.05, 0.1) is 6.54 Å². The fourth-order valence-corrected chi connectivity index (χ4v) is 3.26. The summed E-state index contributed by atoms with van der Waals surface area (Å²) < 4.78 is 5.74. The molecule has 0 saturated carbocycles. The summed E-state index contributed by atoms with van der Waals surface area (Å²) in [4.78, 5) is 9.39. The Balaban J connectivity index is 0.00000392. The number of likely N-dealkylation sites (N-methyl/N-ethyl adjacent to an activating group) is 1. The van der Waals surface area contributed by atoms with Gasteiger partial charge < -0.3 is 25.2 Å². The third-order valence-corrected chi connectivity index (χ3v) is 5.01. The molecule has 1 saturated heterocycles. The molecule has 0 bridgehead atoms. The molecule has 1 atom stereocenters. The van der Waals surface area contributed by atoms with E-state index in [0.717, 1.165) is 31.3 Å². The molecule has 0 radical (unpaired) electrons. The van der Waals surface area contributed by atoms with E-state index in [1.165, 1.54) is 38.3 Å². The Hall–Kier alpha value is -1.06. The molecule has 6 nitrogen and oxygen atoms in total. The molecular weight excluding hydrogens is 465 g/mol. The third kappa shape index (κ3) is 9.43. The molecule has 1 heterocycles. The fourth-order valence-electron chi connectivity index (χ4n) is 3.26. The van der Waals surface area contributed by atoms with Crippen molar-refractivity contribution in [2.75, 3.05) is 66.0 Å². The number of aryl methyl sites for hydroxylation is 1. The van der Waals surface area contributed by atoms with Crippen molar-refractivity contribution in [1.82, 2.24) is 20.4 Å². The minimum atomic E-state index is 0. The number of halogens is 1. The van der Waals surface area contributed by atoms with Crippen molar-refractivity contribution in [2.24, 2.45) is 10.9 Å². The smallest absolute Gasteiger partial charge is 0.191 e. The van der Waals surface area contributed by atoms with E-state index in [0.29, 0.717) is 12.5 Å². The van der Waals surface area contributed by atoms with Gasteiger partial charge in [0, 0.05) is 46.3 Å². The average Bonchev–Trinajstić information content (AvgIpc) is 2.69. The number of hydrogen-bond donors (Lipinski definition) is 2. The summed E-state index contributed by atoms with van der Waals surface area (Å²) >= 11 is 0. The van der Waals surface area contributed by atoms with Gasteiger partial charge >= 0.3 is 0 Å². The van der Waals surface area contributed by atoms with Crippen LogP contribution in [0.5, 0.6) is 5.75 Å². The molecule has 0 aromatic heterocycles. The monoisotopic (exact) mass is 503 g/mol. The minimum Gasteiger partial charge on any atom is -0.492 e. The lowest BCUT2D eigenvalue weighted by Gasteiger charge is -2.35. The van der Waals surface area contributed by atoms with Crippen molar-refractivity contribution in [2.45, 2.75) is 20.8 Å². The van der Waals surface area contributed by atoms with Crippen LogP contribution in [-0.4, -0.2) is 81.8 Å². The SMILES string of the molecule is CCN1CCN(CC(C)CNC(=NC)NCCOc2ccc(C)cc2)CC1.I. The lowest BCUT2D eigenvalue weighted by molar-refractivity contribution is 0.124. The van der Waals surface area contributed by atoms with Crippen molar-refractivity contribution in [1.29, 1.82) is 0 Å². The van der Waals surface area contributed by atoms with Crippen LogP contribution in [0, 0.1) is 12.8 Å². The van der Waals surface area contributed by atoms with Crippen LogP contribution in [0.15, 0.2) is 29.3 Å². The minimum absolute atomic E-state index is 0. The van der Waals surface area contributed by atoms with Crippen LogP contribution >= 0.6 is 24.0 Å². The third-order valence-electron chi connectivity index (χ3n) is 5.01. The first-order valence-corrected chi connectivity index (χ1v) is 10.2. The lowest BCUT2D eigenvalue weighted by Crippen LogP contribution is -2.48. The second-order valence-electron chi connectivity index (χ2n) is 7.38. The van der Waals surface area contributed by atoms with E-state index in [4.69, 9.17) is 4.74 Å². The van der Waals surface area contributed by atoms with Crippen LogP contribution < -0.4 is 15.4 Å².